The molecule has 2 heteroatoms. The Kier molecular flexibility index (Phi) is 4.91. The molecule has 0 radical (unpaired) electrons. The van der Waals surface area contributed by atoms with Crippen LogP contribution in [0.2, 0.25) is 0 Å². The monoisotopic (exact) mass is 302 g/mol. The van der Waals surface area contributed by atoms with E-state index in [1.807, 2.05) is 0 Å². The average molecular weight is 303 g/mol. The molecule has 1 aromatic carbocycles. The van der Waals surface area contributed by atoms with Crippen molar-refractivity contribution in [1.82, 2.24) is 4.90 Å². The second kappa shape index (κ2) is 6.23. The fraction of sp³-hybridized carbons (Fsp3) is 0.700. The number of piperidine rings is 1. The highest BCUT2D eigenvalue weighted by atomic mass is 15.1. The molecule has 0 unspecified atom stereocenters. The van der Waals surface area contributed by atoms with E-state index in [9.17, 15) is 0 Å². The highest BCUT2D eigenvalue weighted by Crippen LogP contribution is 2.35. The van der Waals surface area contributed by atoms with Crippen LogP contribution in [0.5, 0.6) is 0 Å². The van der Waals surface area contributed by atoms with Crippen LogP contribution in [0, 0.1) is 0 Å². The van der Waals surface area contributed by atoms with Crippen LogP contribution in [-0.4, -0.2) is 31.1 Å². The van der Waals surface area contributed by atoms with Crippen molar-refractivity contribution in [3.63, 3.8) is 0 Å². The van der Waals surface area contributed by atoms with Crippen molar-refractivity contribution >= 4 is 5.69 Å². The molecule has 0 aromatic heterocycles. The van der Waals surface area contributed by atoms with E-state index in [0.29, 0.717) is 6.04 Å². The second-order valence-corrected chi connectivity index (χ2v) is 8.98. The molecule has 1 aliphatic heterocycles. The molecule has 1 fully saturated rings. The minimum atomic E-state index is 0.162. The van der Waals surface area contributed by atoms with Gasteiger partial charge in [-0.25, -0.2) is 0 Å². The van der Waals surface area contributed by atoms with E-state index in [-0.39, 0.29) is 10.8 Å². The standard InChI is InChI=1S/C20H34N2/c1-19(2,3)15-8-9-18(17(14-15)20(4,5)6)21-16-10-12-22(7)13-11-16/h8-9,14,16,21H,10-13H2,1-7H3. The van der Waals surface area contributed by atoms with Gasteiger partial charge in [-0.15, -0.1) is 0 Å². The summed E-state index contributed by atoms with van der Waals surface area (Å²) in [4.78, 5) is 2.42. The summed E-state index contributed by atoms with van der Waals surface area (Å²) in [6.07, 6.45) is 2.47. The van der Waals surface area contributed by atoms with Crippen molar-refractivity contribution in [3.05, 3.63) is 29.3 Å². The maximum Gasteiger partial charge on any atom is 0.0380 e. The molecule has 0 atom stereocenters. The smallest absolute Gasteiger partial charge is 0.0380 e. The van der Waals surface area contributed by atoms with E-state index < -0.39 is 0 Å². The number of anilines is 1. The summed E-state index contributed by atoms with van der Waals surface area (Å²) >= 11 is 0. The highest BCUT2D eigenvalue weighted by Gasteiger charge is 2.24. The first-order valence-electron chi connectivity index (χ1n) is 8.67. The maximum absolute atomic E-state index is 3.83. The lowest BCUT2D eigenvalue weighted by molar-refractivity contribution is 0.264. The van der Waals surface area contributed by atoms with Crippen LogP contribution in [0.4, 0.5) is 5.69 Å². The van der Waals surface area contributed by atoms with Crippen molar-refractivity contribution in [2.45, 2.75) is 71.3 Å². The minimum absolute atomic E-state index is 0.162. The molecule has 124 valence electrons. The van der Waals surface area contributed by atoms with E-state index >= 15 is 0 Å². The molecule has 0 amide bonds. The number of likely N-dealkylation sites (tertiary alicyclic amines) is 1. The lowest BCUT2D eigenvalue weighted by Crippen LogP contribution is -2.37. The number of nitrogens with zero attached hydrogens (tertiary/aromatic N) is 1. The summed E-state index contributed by atoms with van der Waals surface area (Å²) in [5, 5.41) is 3.83. The molecule has 2 rings (SSSR count). The van der Waals surface area contributed by atoms with E-state index in [4.69, 9.17) is 0 Å². The van der Waals surface area contributed by atoms with Crippen molar-refractivity contribution in [1.29, 1.82) is 0 Å². The molecule has 1 saturated heterocycles. The van der Waals surface area contributed by atoms with Gasteiger partial charge in [-0.05, 0) is 61.0 Å². The number of benzene rings is 1. The molecule has 0 saturated carbocycles. The van der Waals surface area contributed by atoms with Crippen LogP contribution < -0.4 is 5.32 Å². The van der Waals surface area contributed by atoms with Gasteiger partial charge in [0, 0.05) is 11.7 Å². The SMILES string of the molecule is CN1CCC(Nc2ccc(C(C)(C)C)cc2C(C)(C)C)CC1. The molecule has 1 aliphatic rings. The van der Waals surface area contributed by atoms with Crippen LogP contribution >= 0.6 is 0 Å². The molecule has 1 aromatic rings. The fourth-order valence-corrected chi connectivity index (χ4v) is 3.13. The molecular weight excluding hydrogens is 268 g/mol. The molecule has 22 heavy (non-hydrogen) atoms. The number of rotatable bonds is 2. The summed E-state index contributed by atoms with van der Waals surface area (Å²) in [6.45, 7) is 16.2. The minimum Gasteiger partial charge on any atom is -0.382 e. The Morgan fingerprint density at radius 2 is 1.55 bits per heavy atom. The van der Waals surface area contributed by atoms with E-state index in [1.165, 1.54) is 42.7 Å². The second-order valence-electron chi connectivity index (χ2n) is 8.98. The summed E-state index contributed by atoms with van der Waals surface area (Å²) in [5.74, 6) is 0. The molecule has 1 heterocycles. The van der Waals surface area contributed by atoms with Gasteiger partial charge in [-0.3, -0.25) is 0 Å². The molecule has 0 bridgehead atoms. The summed E-state index contributed by atoms with van der Waals surface area (Å²) in [7, 11) is 2.22. The number of nitrogens with one attached hydrogen (secondary N) is 1. The molecule has 0 aliphatic carbocycles. The summed E-state index contributed by atoms with van der Waals surface area (Å²) < 4.78 is 0. The lowest BCUT2D eigenvalue weighted by atomic mass is 9.79. The molecule has 2 nitrogen and oxygen atoms in total. The third kappa shape index (κ3) is 4.25. The van der Waals surface area contributed by atoms with Gasteiger partial charge >= 0.3 is 0 Å². The van der Waals surface area contributed by atoms with Gasteiger partial charge in [0.2, 0.25) is 0 Å². The van der Waals surface area contributed by atoms with Gasteiger partial charge < -0.3 is 10.2 Å². The predicted molar refractivity (Wildman–Crippen MR) is 98.0 cm³/mol. The topological polar surface area (TPSA) is 15.3 Å². The maximum atomic E-state index is 3.83. The Hall–Kier alpha value is -1.02. The van der Waals surface area contributed by atoms with Gasteiger partial charge in [0.1, 0.15) is 0 Å². The third-order valence-electron chi connectivity index (χ3n) is 4.77. The normalized spacial score (nSPS) is 18.5. The summed E-state index contributed by atoms with van der Waals surface area (Å²) in [5.41, 5.74) is 4.56. The van der Waals surface area contributed by atoms with E-state index in [0.717, 1.165) is 0 Å². The van der Waals surface area contributed by atoms with Crippen LogP contribution in [0.15, 0.2) is 18.2 Å². The van der Waals surface area contributed by atoms with E-state index in [2.05, 4.69) is 77.0 Å². The van der Waals surface area contributed by atoms with Crippen LogP contribution in [0.3, 0.4) is 0 Å². The highest BCUT2D eigenvalue weighted by molar-refractivity contribution is 5.57. The molecule has 1 N–H and O–H groups in total. The van der Waals surface area contributed by atoms with E-state index in [1.54, 1.807) is 0 Å². The first-order chi connectivity index (χ1) is 10.1. The fourth-order valence-electron chi connectivity index (χ4n) is 3.13. The van der Waals surface area contributed by atoms with Gasteiger partial charge in [0.05, 0.1) is 0 Å². The van der Waals surface area contributed by atoms with Gasteiger partial charge in [0.25, 0.3) is 0 Å². The lowest BCUT2D eigenvalue weighted by Gasteiger charge is -2.33. The van der Waals surface area contributed by atoms with Crippen molar-refractivity contribution in [3.8, 4) is 0 Å². The largest absolute Gasteiger partial charge is 0.382 e. The van der Waals surface area contributed by atoms with Crippen molar-refractivity contribution < 1.29 is 0 Å². The molecule has 0 spiro atoms. The number of hydrogen-bond donors (Lipinski definition) is 1. The van der Waals surface area contributed by atoms with Crippen LogP contribution in [0.1, 0.15) is 65.5 Å². The Morgan fingerprint density at radius 1 is 0.955 bits per heavy atom. The van der Waals surface area contributed by atoms with Crippen molar-refractivity contribution in [2.24, 2.45) is 0 Å². The van der Waals surface area contributed by atoms with Crippen LogP contribution in [0.25, 0.3) is 0 Å². The van der Waals surface area contributed by atoms with Gasteiger partial charge in [-0.1, -0.05) is 53.7 Å². The summed E-state index contributed by atoms with van der Waals surface area (Å²) in [6, 6.07) is 7.63. The zero-order valence-electron chi connectivity index (χ0n) is 15.6. The first-order valence-corrected chi connectivity index (χ1v) is 8.67. The zero-order valence-corrected chi connectivity index (χ0v) is 15.6. The third-order valence-corrected chi connectivity index (χ3v) is 4.77. The van der Waals surface area contributed by atoms with Crippen LogP contribution in [-0.2, 0) is 10.8 Å². The van der Waals surface area contributed by atoms with Gasteiger partial charge in [0.15, 0.2) is 0 Å². The van der Waals surface area contributed by atoms with Crippen molar-refractivity contribution in [2.75, 3.05) is 25.5 Å². The average Bonchev–Trinajstić information content (AvgIpc) is 2.39. The zero-order chi connectivity index (χ0) is 16.5. The quantitative estimate of drug-likeness (QED) is 0.845. The first kappa shape index (κ1) is 17.3. The Morgan fingerprint density at radius 3 is 2.05 bits per heavy atom. The predicted octanol–water partition coefficient (Wildman–Crippen LogP) is 4.79. The molecular formula is C20H34N2. The number of hydrogen-bond acceptors (Lipinski definition) is 2. The Bertz CT molecular complexity index is 497. The Labute approximate surface area is 137 Å². The Balaban J connectivity index is 2.27. The van der Waals surface area contributed by atoms with Gasteiger partial charge in [-0.2, -0.15) is 0 Å².